The molecule has 0 aliphatic carbocycles. The Hall–Kier alpha value is -0.580. The number of nitrogens with one attached hydrogen (secondary N) is 1. The molecule has 1 aromatic heterocycles. The summed E-state index contributed by atoms with van der Waals surface area (Å²) in [6.45, 7) is 1.24. The largest absolute Gasteiger partial charge is 0.370 e. The number of carbonyl (C=O) groups is 1. The minimum absolute atomic E-state index is 0.000849. The van der Waals surface area contributed by atoms with Crippen molar-refractivity contribution in [2.45, 2.75) is 12.5 Å². The number of hydrogen-bond donors (Lipinski definition) is 1. The maximum absolute atomic E-state index is 11.0. The number of amides is 1. The minimum Gasteiger partial charge on any atom is -0.370 e. The zero-order valence-corrected chi connectivity index (χ0v) is 9.74. The average molecular weight is 246 g/mol. The van der Waals surface area contributed by atoms with Crippen LogP contribution < -0.4 is 5.32 Å². The standard InChI is InChI=1S/C10H12ClNO2S/c11-5-9(13)12-6-8-10-7(1-3-14-8)2-4-15-10/h2,4,8H,1,3,5-6H2,(H,12,13). The van der Waals surface area contributed by atoms with Gasteiger partial charge in [0.15, 0.2) is 0 Å². The lowest BCUT2D eigenvalue weighted by Crippen LogP contribution is -2.31. The number of carbonyl (C=O) groups excluding carboxylic acids is 1. The number of fused-ring (bicyclic) bond motifs is 1. The van der Waals surface area contributed by atoms with E-state index in [9.17, 15) is 4.79 Å². The number of rotatable bonds is 3. The van der Waals surface area contributed by atoms with Crippen LogP contribution in [0.2, 0.25) is 0 Å². The fourth-order valence-electron chi connectivity index (χ4n) is 1.63. The quantitative estimate of drug-likeness (QED) is 0.824. The Morgan fingerprint density at radius 1 is 1.73 bits per heavy atom. The number of ether oxygens (including phenoxy) is 1. The first kappa shape index (κ1) is 10.9. The Bertz CT molecular complexity index is 353. The molecular formula is C10H12ClNO2S. The lowest BCUT2D eigenvalue weighted by atomic mass is 10.1. The van der Waals surface area contributed by atoms with Gasteiger partial charge >= 0.3 is 0 Å². The monoisotopic (exact) mass is 245 g/mol. The number of alkyl halides is 1. The maximum atomic E-state index is 11.0. The van der Waals surface area contributed by atoms with Crippen molar-refractivity contribution >= 4 is 28.8 Å². The van der Waals surface area contributed by atoms with Gasteiger partial charge in [0, 0.05) is 11.4 Å². The molecule has 15 heavy (non-hydrogen) atoms. The Balaban J connectivity index is 1.97. The van der Waals surface area contributed by atoms with Crippen molar-refractivity contribution in [1.82, 2.24) is 5.32 Å². The summed E-state index contributed by atoms with van der Waals surface area (Å²) < 4.78 is 5.61. The molecule has 0 aromatic carbocycles. The summed E-state index contributed by atoms with van der Waals surface area (Å²) >= 11 is 7.08. The van der Waals surface area contributed by atoms with Gasteiger partial charge in [-0.1, -0.05) is 0 Å². The van der Waals surface area contributed by atoms with Crippen LogP contribution in [0.1, 0.15) is 16.5 Å². The summed E-state index contributed by atoms with van der Waals surface area (Å²) in [6.07, 6.45) is 0.972. The zero-order chi connectivity index (χ0) is 10.7. The molecule has 0 saturated carbocycles. The second-order valence-corrected chi connectivity index (χ2v) is 4.57. The summed E-state index contributed by atoms with van der Waals surface area (Å²) in [4.78, 5) is 12.2. The Kier molecular flexibility index (Phi) is 3.61. The number of thiophene rings is 1. The van der Waals surface area contributed by atoms with Gasteiger partial charge in [-0.05, 0) is 23.4 Å². The van der Waals surface area contributed by atoms with Gasteiger partial charge in [0.25, 0.3) is 0 Å². The third-order valence-corrected chi connectivity index (χ3v) is 3.66. The van der Waals surface area contributed by atoms with Crippen LogP contribution in [0.15, 0.2) is 11.4 Å². The SMILES string of the molecule is O=C(CCl)NCC1OCCc2ccsc21. The van der Waals surface area contributed by atoms with Gasteiger partial charge < -0.3 is 10.1 Å². The van der Waals surface area contributed by atoms with Crippen molar-refractivity contribution in [2.75, 3.05) is 19.0 Å². The molecule has 1 aliphatic heterocycles. The predicted molar refractivity (Wildman–Crippen MR) is 60.4 cm³/mol. The van der Waals surface area contributed by atoms with E-state index in [0.29, 0.717) is 6.54 Å². The topological polar surface area (TPSA) is 38.3 Å². The van der Waals surface area contributed by atoms with Gasteiger partial charge in [0.2, 0.25) is 5.91 Å². The van der Waals surface area contributed by atoms with Crippen molar-refractivity contribution in [1.29, 1.82) is 0 Å². The molecule has 1 aliphatic rings. The van der Waals surface area contributed by atoms with Gasteiger partial charge in [-0.15, -0.1) is 22.9 Å². The Labute approximate surface area is 97.4 Å². The van der Waals surface area contributed by atoms with E-state index in [0.717, 1.165) is 13.0 Å². The Morgan fingerprint density at radius 3 is 3.40 bits per heavy atom. The van der Waals surface area contributed by atoms with E-state index in [1.54, 1.807) is 11.3 Å². The molecule has 2 heterocycles. The molecule has 5 heteroatoms. The highest BCUT2D eigenvalue weighted by Crippen LogP contribution is 2.31. The number of hydrogen-bond acceptors (Lipinski definition) is 3. The van der Waals surface area contributed by atoms with E-state index in [2.05, 4.69) is 16.8 Å². The van der Waals surface area contributed by atoms with E-state index in [4.69, 9.17) is 16.3 Å². The molecule has 82 valence electrons. The summed E-state index contributed by atoms with van der Waals surface area (Å²) in [5.41, 5.74) is 1.34. The normalized spacial score (nSPS) is 19.7. The third kappa shape index (κ3) is 2.51. The van der Waals surface area contributed by atoms with E-state index < -0.39 is 0 Å². The van der Waals surface area contributed by atoms with Crippen LogP contribution in [0, 0.1) is 0 Å². The molecule has 1 N–H and O–H groups in total. The summed E-state index contributed by atoms with van der Waals surface area (Å²) in [5.74, 6) is -0.145. The molecule has 1 amide bonds. The van der Waals surface area contributed by atoms with E-state index >= 15 is 0 Å². The molecule has 0 bridgehead atoms. The highest BCUT2D eigenvalue weighted by Gasteiger charge is 2.22. The highest BCUT2D eigenvalue weighted by molar-refractivity contribution is 7.10. The van der Waals surface area contributed by atoms with Crippen LogP contribution in [-0.2, 0) is 16.0 Å². The van der Waals surface area contributed by atoms with Gasteiger partial charge in [0.05, 0.1) is 6.61 Å². The molecule has 0 radical (unpaired) electrons. The Morgan fingerprint density at radius 2 is 2.60 bits per heavy atom. The molecular weight excluding hydrogens is 234 g/mol. The third-order valence-electron chi connectivity index (χ3n) is 2.37. The molecule has 2 rings (SSSR count). The van der Waals surface area contributed by atoms with Crippen molar-refractivity contribution in [3.05, 3.63) is 21.9 Å². The fraction of sp³-hybridized carbons (Fsp3) is 0.500. The molecule has 0 spiro atoms. The summed E-state index contributed by atoms with van der Waals surface area (Å²) in [5, 5.41) is 4.81. The second kappa shape index (κ2) is 4.96. The van der Waals surface area contributed by atoms with Crippen LogP contribution in [0.25, 0.3) is 0 Å². The average Bonchev–Trinajstić information content (AvgIpc) is 2.74. The van der Waals surface area contributed by atoms with E-state index in [1.807, 2.05) is 0 Å². The van der Waals surface area contributed by atoms with Crippen LogP contribution in [0.4, 0.5) is 0 Å². The van der Waals surface area contributed by atoms with Crippen molar-refractivity contribution < 1.29 is 9.53 Å². The molecule has 3 nitrogen and oxygen atoms in total. The van der Waals surface area contributed by atoms with Gasteiger partial charge in [-0.3, -0.25) is 4.79 Å². The first-order valence-electron chi connectivity index (χ1n) is 4.82. The van der Waals surface area contributed by atoms with Crippen LogP contribution >= 0.6 is 22.9 Å². The molecule has 1 unspecified atom stereocenters. The van der Waals surface area contributed by atoms with Gasteiger partial charge in [-0.2, -0.15) is 0 Å². The lowest BCUT2D eigenvalue weighted by Gasteiger charge is -2.23. The lowest BCUT2D eigenvalue weighted by molar-refractivity contribution is -0.119. The molecule has 0 saturated heterocycles. The smallest absolute Gasteiger partial charge is 0.235 e. The van der Waals surface area contributed by atoms with Crippen molar-refractivity contribution in [3.63, 3.8) is 0 Å². The molecule has 1 aromatic rings. The highest BCUT2D eigenvalue weighted by atomic mass is 35.5. The maximum Gasteiger partial charge on any atom is 0.235 e. The van der Waals surface area contributed by atoms with E-state index in [1.165, 1.54) is 10.4 Å². The first-order chi connectivity index (χ1) is 7.31. The predicted octanol–water partition coefficient (Wildman–Crippen LogP) is 1.72. The summed E-state index contributed by atoms with van der Waals surface area (Å²) in [6, 6.07) is 2.12. The van der Waals surface area contributed by atoms with Crippen molar-refractivity contribution in [2.24, 2.45) is 0 Å². The van der Waals surface area contributed by atoms with Crippen molar-refractivity contribution in [3.8, 4) is 0 Å². The van der Waals surface area contributed by atoms with Crippen LogP contribution in [0.5, 0.6) is 0 Å². The molecule has 0 fully saturated rings. The second-order valence-electron chi connectivity index (χ2n) is 3.36. The van der Waals surface area contributed by atoms with Crippen LogP contribution in [-0.4, -0.2) is 24.9 Å². The number of halogens is 1. The first-order valence-corrected chi connectivity index (χ1v) is 6.23. The minimum atomic E-state index is -0.149. The summed E-state index contributed by atoms with van der Waals surface area (Å²) in [7, 11) is 0. The molecule has 1 atom stereocenters. The van der Waals surface area contributed by atoms with Crippen LogP contribution in [0.3, 0.4) is 0 Å². The van der Waals surface area contributed by atoms with Gasteiger partial charge in [0.1, 0.15) is 12.0 Å². The zero-order valence-electron chi connectivity index (χ0n) is 8.16. The van der Waals surface area contributed by atoms with Gasteiger partial charge in [-0.25, -0.2) is 0 Å². The fourth-order valence-corrected chi connectivity index (χ4v) is 2.73. The van der Waals surface area contributed by atoms with E-state index in [-0.39, 0.29) is 17.9 Å².